The number of carbonyl (C=O) groups is 1. The van der Waals surface area contributed by atoms with Gasteiger partial charge < -0.3 is 18.9 Å². The maximum absolute atomic E-state index is 13.2. The highest BCUT2D eigenvalue weighted by molar-refractivity contribution is 6.14. The van der Waals surface area contributed by atoms with Crippen molar-refractivity contribution in [3.63, 3.8) is 0 Å². The molecule has 0 radical (unpaired) electrons. The zero-order valence-electron chi connectivity index (χ0n) is 15.6. The van der Waals surface area contributed by atoms with E-state index in [1.165, 1.54) is 0 Å². The first-order chi connectivity index (χ1) is 13.7. The molecule has 1 aliphatic carbocycles. The summed E-state index contributed by atoms with van der Waals surface area (Å²) in [6.45, 7) is 2.59. The molecule has 1 saturated carbocycles. The van der Waals surface area contributed by atoms with Crippen molar-refractivity contribution in [2.24, 2.45) is 5.92 Å². The second-order valence-electron chi connectivity index (χ2n) is 7.26. The number of hydrogen-bond donors (Lipinski definition) is 0. The third kappa shape index (κ3) is 3.03. The molecule has 0 bridgehead atoms. The lowest BCUT2D eigenvalue weighted by atomic mass is 9.80. The minimum Gasteiger partial charge on any atom is -0.454 e. The van der Waals surface area contributed by atoms with Crippen molar-refractivity contribution < 1.29 is 23.7 Å². The van der Waals surface area contributed by atoms with Crippen molar-refractivity contribution in [2.45, 2.75) is 19.8 Å². The third-order valence-electron chi connectivity index (χ3n) is 5.39. The smallest absolute Gasteiger partial charge is 0.231 e. The molecule has 1 fully saturated rings. The molecule has 1 atom stereocenters. The topological polar surface area (TPSA) is 54.0 Å². The fraction of sp³-hybridized carbons (Fsp3) is 0.261. The molecule has 5 heteroatoms. The molecule has 0 N–H and O–H groups in total. The Kier molecular flexibility index (Phi) is 4.08. The summed E-state index contributed by atoms with van der Waals surface area (Å²) < 4.78 is 21.6. The van der Waals surface area contributed by atoms with Gasteiger partial charge in [0.25, 0.3) is 0 Å². The lowest BCUT2D eigenvalue weighted by Crippen LogP contribution is -2.19. The molecular formula is C23H20O5. The highest BCUT2D eigenvalue weighted by atomic mass is 16.7. The van der Waals surface area contributed by atoms with Gasteiger partial charge in [-0.1, -0.05) is 19.1 Å². The van der Waals surface area contributed by atoms with E-state index in [0.29, 0.717) is 0 Å². The van der Waals surface area contributed by atoms with Crippen LogP contribution in [-0.2, 0) is 4.79 Å². The Labute approximate surface area is 163 Å². The number of ether oxygens (including phenoxy) is 4. The molecule has 0 unspecified atom stereocenters. The molecule has 5 nitrogen and oxygen atoms in total. The second-order valence-corrected chi connectivity index (χ2v) is 7.26. The van der Waals surface area contributed by atoms with E-state index < -0.39 is 0 Å². The van der Waals surface area contributed by atoms with E-state index in [9.17, 15) is 4.79 Å². The molecule has 3 aliphatic rings. The van der Waals surface area contributed by atoms with E-state index in [-0.39, 0.29) is 25.3 Å². The van der Waals surface area contributed by atoms with Crippen molar-refractivity contribution in [1.82, 2.24) is 0 Å². The Hall–Kier alpha value is -3.21. The number of carbonyl (C=O) groups excluding carboxylic acids is 1. The average molecular weight is 376 g/mol. The number of Topliss-reactive ketones (excluding diaryl/α,β-unsaturated/α-hetero) is 1. The van der Waals surface area contributed by atoms with Gasteiger partial charge >= 0.3 is 0 Å². The molecule has 5 rings (SSSR count). The van der Waals surface area contributed by atoms with Crippen LogP contribution in [0.4, 0.5) is 0 Å². The van der Waals surface area contributed by atoms with E-state index >= 15 is 0 Å². The fourth-order valence-corrected chi connectivity index (χ4v) is 3.78. The van der Waals surface area contributed by atoms with Crippen molar-refractivity contribution in [3.05, 3.63) is 58.7 Å². The van der Waals surface area contributed by atoms with Gasteiger partial charge in [-0.05, 0) is 66.3 Å². The summed E-state index contributed by atoms with van der Waals surface area (Å²) >= 11 is 0. The van der Waals surface area contributed by atoms with Gasteiger partial charge in [-0.15, -0.1) is 0 Å². The third-order valence-corrected chi connectivity index (χ3v) is 5.39. The van der Waals surface area contributed by atoms with Crippen LogP contribution in [0, 0.1) is 5.92 Å². The SMILES string of the molecule is C[C@@H]1CC/C(=C/c2ccc3c(c2)OCO3)C(=O)/C1=C\c1ccc2c(c1)OCO2. The van der Waals surface area contributed by atoms with Crippen LogP contribution in [0.1, 0.15) is 30.9 Å². The highest BCUT2D eigenvalue weighted by Gasteiger charge is 2.27. The second kappa shape index (κ2) is 6.75. The van der Waals surface area contributed by atoms with Gasteiger partial charge in [0.2, 0.25) is 13.6 Å². The quantitative estimate of drug-likeness (QED) is 0.717. The summed E-state index contributed by atoms with van der Waals surface area (Å²) in [5.74, 6) is 3.26. The van der Waals surface area contributed by atoms with Crippen molar-refractivity contribution in [2.75, 3.05) is 13.6 Å². The molecule has 0 saturated heterocycles. The monoisotopic (exact) mass is 376 g/mol. The summed E-state index contributed by atoms with van der Waals surface area (Å²) in [6.07, 6.45) is 5.65. The van der Waals surface area contributed by atoms with Crippen LogP contribution < -0.4 is 18.9 Å². The lowest BCUT2D eigenvalue weighted by molar-refractivity contribution is -0.113. The van der Waals surface area contributed by atoms with Crippen LogP contribution in [0.2, 0.25) is 0 Å². The lowest BCUT2D eigenvalue weighted by Gasteiger charge is -2.23. The fourth-order valence-electron chi connectivity index (χ4n) is 3.78. The van der Waals surface area contributed by atoms with Crippen LogP contribution in [0.5, 0.6) is 23.0 Å². The maximum Gasteiger partial charge on any atom is 0.231 e. The molecule has 142 valence electrons. The summed E-state index contributed by atoms with van der Waals surface area (Å²) in [4.78, 5) is 13.2. The molecule has 0 amide bonds. The summed E-state index contributed by atoms with van der Waals surface area (Å²) in [6, 6.07) is 11.5. The molecule has 2 heterocycles. The molecule has 0 aromatic heterocycles. The van der Waals surface area contributed by atoms with Gasteiger partial charge in [0.1, 0.15) is 0 Å². The Balaban J connectivity index is 1.45. The molecular weight excluding hydrogens is 356 g/mol. The largest absolute Gasteiger partial charge is 0.454 e. The van der Waals surface area contributed by atoms with Crippen LogP contribution in [0.3, 0.4) is 0 Å². The molecule has 0 spiro atoms. The van der Waals surface area contributed by atoms with E-state index in [0.717, 1.165) is 58.1 Å². The van der Waals surface area contributed by atoms with Gasteiger partial charge in [0.15, 0.2) is 28.8 Å². The van der Waals surface area contributed by atoms with Gasteiger partial charge in [-0.3, -0.25) is 4.79 Å². The minimum atomic E-state index is 0.106. The predicted octanol–water partition coefficient (Wildman–Crippen LogP) is 4.61. The van der Waals surface area contributed by atoms with Gasteiger partial charge in [-0.25, -0.2) is 0 Å². The number of benzene rings is 2. The average Bonchev–Trinajstić information content (AvgIpc) is 3.35. The maximum atomic E-state index is 13.2. The van der Waals surface area contributed by atoms with Crippen molar-refractivity contribution >= 4 is 17.9 Å². The Morgan fingerprint density at radius 2 is 1.39 bits per heavy atom. The molecule has 2 aromatic rings. The first-order valence-electron chi connectivity index (χ1n) is 9.43. The van der Waals surface area contributed by atoms with E-state index in [4.69, 9.17) is 18.9 Å². The summed E-state index contributed by atoms with van der Waals surface area (Å²) in [7, 11) is 0. The van der Waals surface area contributed by atoms with Gasteiger partial charge in [-0.2, -0.15) is 0 Å². The van der Waals surface area contributed by atoms with Crippen LogP contribution >= 0.6 is 0 Å². The van der Waals surface area contributed by atoms with E-state index in [2.05, 4.69) is 6.92 Å². The number of allylic oxidation sites excluding steroid dienone is 2. The zero-order valence-corrected chi connectivity index (χ0v) is 15.6. The summed E-state index contributed by atoms with van der Waals surface area (Å²) in [5, 5.41) is 0. The number of rotatable bonds is 2. The molecule has 2 aromatic carbocycles. The highest BCUT2D eigenvalue weighted by Crippen LogP contribution is 2.37. The molecule has 28 heavy (non-hydrogen) atoms. The van der Waals surface area contributed by atoms with Crippen molar-refractivity contribution in [1.29, 1.82) is 0 Å². The number of ketones is 1. The minimum absolute atomic E-state index is 0.106. The standard InChI is InChI=1S/C23H20O5/c1-14-2-5-17(8-15-3-6-19-21(10-15)27-12-25-19)23(24)18(14)9-16-4-7-20-22(11-16)28-13-26-20/h3-4,6-11,14H,2,5,12-13H2,1H3/b17-8-,18-9-/t14-/m1/s1. The first kappa shape index (κ1) is 16.9. The number of hydrogen-bond acceptors (Lipinski definition) is 5. The Morgan fingerprint density at radius 1 is 0.821 bits per heavy atom. The van der Waals surface area contributed by atoms with Crippen LogP contribution in [0.25, 0.3) is 12.2 Å². The first-order valence-corrected chi connectivity index (χ1v) is 9.43. The zero-order chi connectivity index (χ0) is 19.1. The number of fused-ring (bicyclic) bond motifs is 2. The van der Waals surface area contributed by atoms with Crippen LogP contribution in [0.15, 0.2) is 47.5 Å². The van der Waals surface area contributed by atoms with E-state index in [1.54, 1.807) is 0 Å². The van der Waals surface area contributed by atoms with Gasteiger partial charge in [0, 0.05) is 11.1 Å². The molecule has 2 aliphatic heterocycles. The summed E-state index contributed by atoms with van der Waals surface area (Å²) in [5.41, 5.74) is 3.55. The Morgan fingerprint density at radius 3 is 2.04 bits per heavy atom. The normalized spacial score (nSPS) is 22.9. The Bertz CT molecular complexity index is 1020. The van der Waals surface area contributed by atoms with Crippen LogP contribution in [-0.4, -0.2) is 19.4 Å². The van der Waals surface area contributed by atoms with Crippen molar-refractivity contribution in [3.8, 4) is 23.0 Å². The van der Waals surface area contributed by atoms with Gasteiger partial charge in [0.05, 0.1) is 0 Å². The van der Waals surface area contributed by atoms with E-state index in [1.807, 2.05) is 48.6 Å². The predicted molar refractivity (Wildman–Crippen MR) is 104 cm³/mol.